The van der Waals surface area contributed by atoms with E-state index in [0.717, 1.165) is 6.07 Å². The molecule has 9 nitrogen and oxygen atoms in total. The second-order valence-corrected chi connectivity index (χ2v) is 4.71. The number of hydrogen-bond acceptors (Lipinski definition) is 5. The van der Waals surface area contributed by atoms with Crippen molar-refractivity contribution in [2.45, 2.75) is 20.4 Å². The fourth-order valence-corrected chi connectivity index (χ4v) is 1.81. The van der Waals surface area contributed by atoms with E-state index in [4.69, 9.17) is 0 Å². The first-order valence-electron chi connectivity index (χ1n) is 6.53. The molecular weight excluding hydrogens is 290 g/mol. The molecule has 0 aliphatic carbocycles. The summed E-state index contributed by atoms with van der Waals surface area (Å²) in [5, 5.41) is 2.51. The molecule has 22 heavy (non-hydrogen) atoms. The van der Waals surface area contributed by atoms with E-state index in [1.165, 1.54) is 10.9 Å². The Balaban J connectivity index is 2.04. The predicted molar refractivity (Wildman–Crippen MR) is 78.0 cm³/mol. The van der Waals surface area contributed by atoms with E-state index in [9.17, 15) is 19.2 Å². The Morgan fingerprint density at radius 1 is 1.27 bits per heavy atom. The summed E-state index contributed by atoms with van der Waals surface area (Å²) in [6.07, 6.45) is 1.41. The van der Waals surface area contributed by atoms with Gasteiger partial charge in [0, 0.05) is 30.4 Å². The summed E-state index contributed by atoms with van der Waals surface area (Å²) in [5.74, 6) is -0.604. The minimum absolute atomic E-state index is 0.140. The normalized spacial score (nSPS) is 10.5. The van der Waals surface area contributed by atoms with E-state index in [2.05, 4.69) is 15.3 Å². The maximum atomic E-state index is 11.9. The highest BCUT2D eigenvalue weighted by Gasteiger charge is 2.08. The van der Waals surface area contributed by atoms with Gasteiger partial charge in [0.15, 0.2) is 0 Å². The van der Waals surface area contributed by atoms with Crippen LogP contribution in [0.2, 0.25) is 0 Å². The molecular formula is C13H15N5O4. The zero-order chi connectivity index (χ0) is 16.3. The maximum absolute atomic E-state index is 11.9. The maximum Gasteiger partial charge on any atom is 0.326 e. The first kappa shape index (κ1) is 15.4. The molecule has 2 aromatic rings. The zero-order valence-electron chi connectivity index (χ0n) is 12.1. The fourth-order valence-electron chi connectivity index (χ4n) is 1.81. The van der Waals surface area contributed by atoms with Crippen molar-refractivity contribution in [3.63, 3.8) is 0 Å². The standard InChI is InChI=1S/C13H15N5O4/c1-7-8(2)15-6-18(12(7)21)4-3-14-11(20)9-5-10(19)17-13(22)16-9/h5-6H,3-4H2,1-2H3,(H,14,20)(H2,16,17,19,22). The lowest BCUT2D eigenvalue weighted by atomic mass is 10.3. The molecule has 0 spiro atoms. The summed E-state index contributed by atoms with van der Waals surface area (Å²) in [6.45, 7) is 3.80. The second-order valence-electron chi connectivity index (χ2n) is 4.71. The number of aryl methyl sites for hydroxylation is 1. The summed E-state index contributed by atoms with van der Waals surface area (Å²) < 4.78 is 1.38. The first-order chi connectivity index (χ1) is 10.4. The fraction of sp³-hybridized carbons (Fsp3) is 0.308. The lowest BCUT2D eigenvalue weighted by molar-refractivity contribution is 0.0946. The molecule has 3 N–H and O–H groups in total. The number of rotatable bonds is 4. The number of carbonyl (C=O) groups excluding carboxylic acids is 1. The van der Waals surface area contributed by atoms with Crippen LogP contribution in [0.5, 0.6) is 0 Å². The Morgan fingerprint density at radius 2 is 2.00 bits per heavy atom. The van der Waals surface area contributed by atoms with Crippen molar-refractivity contribution in [1.82, 2.24) is 24.8 Å². The molecule has 0 saturated heterocycles. The Hall–Kier alpha value is -2.97. The number of amides is 1. The second kappa shape index (κ2) is 6.20. The van der Waals surface area contributed by atoms with Gasteiger partial charge in [-0.05, 0) is 13.8 Å². The molecule has 0 radical (unpaired) electrons. The molecule has 116 valence electrons. The third-order valence-corrected chi connectivity index (χ3v) is 3.16. The van der Waals surface area contributed by atoms with Gasteiger partial charge in [-0.15, -0.1) is 0 Å². The van der Waals surface area contributed by atoms with Crippen molar-refractivity contribution in [3.8, 4) is 0 Å². The van der Waals surface area contributed by atoms with Crippen molar-refractivity contribution in [2.75, 3.05) is 6.54 Å². The predicted octanol–water partition coefficient (Wildman–Crippen LogP) is -1.33. The summed E-state index contributed by atoms with van der Waals surface area (Å²) in [5.41, 5.74) is -0.527. The summed E-state index contributed by atoms with van der Waals surface area (Å²) in [4.78, 5) is 54.2. The molecule has 0 bridgehead atoms. The Bertz CT molecular complexity index is 849. The zero-order valence-corrected chi connectivity index (χ0v) is 12.1. The summed E-state index contributed by atoms with van der Waals surface area (Å²) >= 11 is 0. The summed E-state index contributed by atoms with van der Waals surface area (Å²) in [7, 11) is 0. The Morgan fingerprint density at radius 3 is 2.68 bits per heavy atom. The van der Waals surface area contributed by atoms with Crippen molar-refractivity contribution in [1.29, 1.82) is 0 Å². The van der Waals surface area contributed by atoms with Gasteiger partial charge < -0.3 is 10.3 Å². The monoisotopic (exact) mass is 305 g/mol. The third-order valence-electron chi connectivity index (χ3n) is 3.16. The topological polar surface area (TPSA) is 130 Å². The number of hydrogen-bond donors (Lipinski definition) is 3. The number of nitrogens with zero attached hydrogens (tertiary/aromatic N) is 2. The van der Waals surface area contributed by atoms with Gasteiger partial charge in [0.05, 0.1) is 6.33 Å². The summed E-state index contributed by atoms with van der Waals surface area (Å²) in [6, 6.07) is 0.987. The van der Waals surface area contributed by atoms with Crippen molar-refractivity contribution < 1.29 is 4.79 Å². The molecule has 0 atom stereocenters. The van der Waals surface area contributed by atoms with Crippen LogP contribution in [0.25, 0.3) is 0 Å². The molecule has 1 amide bonds. The van der Waals surface area contributed by atoms with Crippen LogP contribution in [0.15, 0.2) is 26.8 Å². The van der Waals surface area contributed by atoms with Crippen LogP contribution in [0.3, 0.4) is 0 Å². The van der Waals surface area contributed by atoms with E-state index < -0.39 is 17.2 Å². The van der Waals surface area contributed by atoms with E-state index >= 15 is 0 Å². The van der Waals surface area contributed by atoms with Crippen molar-refractivity contribution in [2.24, 2.45) is 0 Å². The largest absolute Gasteiger partial charge is 0.349 e. The number of carbonyl (C=O) groups is 1. The lowest BCUT2D eigenvalue weighted by Gasteiger charge is -2.08. The van der Waals surface area contributed by atoms with Gasteiger partial charge in [-0.25, -0.2) is 9.78 Å². The average molecular weight is 305 g/mol. The van der Waals surface area contributed by atoms with Crippen LogP contribution in [0.1, 0.15) is 21.7 Å². The van der Waals surface area contributed by atoms with Gasteiger partial charge >= 0.3 is 5.69 Å². The van der Waals surface area contributed by atoms with E-state index in [1.807, 2.05) is 4.98 Å². The average Bonchev–Trinajstić information content (AvgIpc) is 2.46. The number of H-pyrrole nitrogens is 2. The Labute approximate surface area is 124 Å². The molecule has 0 unspecified atom stereocenters. The van der Waals surface area contributed by atoms with E-state index in [-0.39, 0.29) is 24.3 Å². The quantitative estimate of drug-likeness (QED) is 0.644. The van der Waals surface area contributed by atoms with E-state index in [0.29, 0.717) is 11.3 Å². The Kier molecular flexibility index (Phi) is 4.35. The minimum Gasteiger partial charge on any atom is -0.349 e. The number of aromatic amines is 2. The van der Waals surface area contributed by atoms with Gasteiger partial charge in [0.1, 0.15) is 5.69 Å². The van der Waals surface area contributed by atoms with Gasteiger partial charge in [0.2, 0.25) is 0 Å². The van der Waals surface area contributed by atoms with Crippen LogP contribution in [0.4, 0.5) is 0 Å². The van der Waals surface area contributed by atoms with Crippen molar-refractivity contribution >= 4 is 5.91 Å². The van der Waals surface area contributed by atoms with Crippen molar-refractivity contribution in [3.05, 3.63) is 60.5 Å². The molecule has 0 saturated carbocycles. The lowest BCUT2D eigenvalue weighted by Crippen LogP contribution is -2.34. The van der Waals surface area contributed by atoms with Gasteiger partial charge in [0.25, 0.3) is 17.0 Å². The molecule has 0 aliphatic heterocycles. The number of aromatic nitrogens is 4. The molecule has 2 aromatic heterocycles. The SMILES string of the molecule is Cc1ncn(CCNC(=O)c2cc(=O)[nH]c(=O)[nH]2)c(=O)c1C. The van der Waals surface area contributed by atoms with Crippen LogP contribution in [0, 0.1) is 13.8 Å². The first-order valence-corrected chi connectivity index (χ1v) is 6.53. The third kappa shape index (κ3) is 3.37. The highest BCUT2D eigenvalue weighted by Crippen LogP contribution is 1.94. The van der Waals surface area contributed by atoms with Crippen LogP contribution in [-0.2, 0) is 6.54 Å². The molecule has 9 heteroatoms. The van der Waals surface area contributed by atoms with Crippen LogP contribution >= 0.6 is 0 Å². The molecule has 0 fully saturated rings. The molecule has 0 aromatic carbocycles. The smallest absolute Gasteiger partial charge is 0.326 e. The highest BCUT2D eigenvalue weighted by molar-refractivity contribution is 5.91. The van der Waals surface area contributed by atoms with Crippen LogP contribution < -0.4 is 22.1 Å². The van der Waals surface area contributed by atoms with E-state index in [1.54, 1.807) is 13.8 Å². The van der Waals surface area contributed by atoms with Crippen LogP contribution in [-0.4, -0.2) is 32.0 Å². The number of nitrogens with one attached hydrogen (secondary N) is 3. The van der Waals surface area contributed by atoms with Gasteiger partial charge in [-0.2, -0.15) is 0 Å². The molecule has 0 aliphatic rings. The van der Waals surface area contributed by atoms with Gasteiger partial charge in [-0.1, -0.05) is 0 Å². The van der Waals surface area contributed by atoms with Gasteiger partial charge in [-0.3, -0.25) is 23.9 Å². The molecule has 2 heterocycles. The highest BCUT2D eigenvalue weighted by atomic mass is 16.2. The molecule has 2 rings (SSSR count). The minimum atomic E-state index is -0.757.